The van der Waals surface area contributed by atoms with E-state index in [-0.39, 0.29) is 6.04 Å². The van der Waals surface area contributed by atoms with Gasteiger partial charge >= 0.3 is 0 Å². The molecule has 0 saturated heterocycles. The highest BCUT2D eigenvalue weighted by Gasteiger charge is 2.47. The second-order valence-corrected chi connectivity index (χ2v) is 6.30. The van der Waals surface area contributed by atoms with E-state index in [1.54, 1.807) is 29.1 Å². The van der Waals surface area contributed by atoms with Gasteiger partial charge in [-0.15, -0.1) is 0 Å². The first kappa shape index (κ1) is 16.0. The van der Waals surface area contributed by atoms with Crippen molar-refractivity contribution in [2.75, 3.05) is 10.6 Å². The summed E-state index contributed by atoms with van der Waals surface area (Å²) in [6.07, 6.45) is 1.60. The first-order chi connectivity index (χ1) is 11.3. The first-order valence-corrected chi connectivity index (χ1v) is 7.77. The van der Waals surface area contributed by atoms with Crippen LogP contribution in [0.25, 0.3) is 0 Å². The van der Waals surface area contributed by atoms with Gasteiger partial charge in [-0.25, -0.2) is 4.68 Å². The lowest BCUT2D eigenvalue weighted by atomic mass is 10.0. The third-order valence-corrected chi connectivity index (χ3v) is 3.96. The summed E-state index contributed by atoms with van der Waals surface area (Å²) in [5, 5.41) is 9.63. The molecule has 0 aliphatic carbocycles. The Hall–Kier alpha value is -2.83. The number of carbonyl (C=O) groups is 2. The van der Waals surface area contributed by atoms with E-state index in [1.165, 1.54) is 6.92 Å². The van der Waals surface area contributed by atoms with Gasteiger partial charge in [0.25, 0.3) is 17.4 Å². The van der Waals surface area contributed by atoms with Crippen molar-refractivity contribution >= 4 is 23.3 Å². The molecule has 0 radical (unpaired) electrons. The minimum atomic E-state index is -1.66. The SMILES string of the molecule is Cc1ccc2c(c1)NC(=O)C(C)(C(=O)Nc1ccnn1C(C)C)O2. The third kappa shape index (κ3) is 2.62. The summed E-state index contributed by atoms with van der Waals surface area (Å²) in [5.74, 6) is -0.0696. The lowest BCUT2D eigenvalue weighted by molar-refractivity contribution is -0.143. The van der Waals surface area contributed by atoms with Crippen molar-refractivity contribution in [2.24, 2.45) is 0 Å². The Bertz CT molecular complexity index is 812. The van der Waals surface area contributed by atoms with E-state index in [1.807, 2.05) is 26.8 Å². The second kappa shape index (κ2) is 5.67. The standard InChI is InChI=1S/C17H20N4O3/c1-10(2)21-14(7-8-18-21)20-16(23)17(4)15(22)19-12-9-11(3)5-6-13(12)24-17/h5-10H,1-4H3,(H,19,22)(H,20,23). The van der Waals surface area contributed by atoms with Crippen LogP contribution in [0.3, 0.4) is 0 Å². The molecule has 2 N–H and O–H groups in total. The highest BCUT2D eigenvalue weighted by Crippen LogP contribution is 2.34. The number of hydrogen-bond acceptors (Lipinski definition) is 4. The van der Waals surface area contributed by atoms with Gasteiger partial charge in [-0.1, -0.05) is 6.07 Å². The number of nitrogens with one attached hydrogen (secondary N) is 2. The number of aryl methyl sites for hydroxylation is 1. The molecule has 126 valence electrons. The highest BCUT2D eigenvalue weighted by molar-refractivity contribution is 6.18. The summed E-state index contributed by atoms with van der Waals surface area (Å²) in [6.45, 7) is 7.27. The molecule has 0 bridgehead atoms. The predicted molar refractivity (Wildman–Crippen MR) is 90.1 cm³/mol. The Kier molecular flexibility index (Phi) is 3.79. The average Bonchev–Trinajstić information content (AvgIpc) is 2.97. The summed E-state index contributed by atoms with van der Waals surface area (Å²) in [6, 6.07) is 7.17. The molecule has 1 aromatic heterocycles. The van der Waals surface area contributed by atoms with Crippen molar-refractivity contribution < 1.29 is 14.3 Å². The molecule has 3 rings (SSSR count). The van der Waals surface area contributed by atoms with E-state index in [4.69, 9.17) is 4.74 Å². The van der Waals surface area contributed by atoms with Crippen molar-refractivity contribution in [2.45, 2.75) is 39.3 Å². The van der Waals surface area contributed by atoms with Gasteiger partial charge in [0, 0.05) is 12.1 Å². The molecule has 2 aromatic rings. The number of nitrogens with zero attached hydrogens (tertiary/aromatic N) is 2. The fraction of sp³-hybridized carbons (Fsp3) is 0.353. The normalized spacial score (nSPS) is 19.5. The molecule has 1 aliphatic rings. The molecular formula is C17H20N4O3. The Morgan fingerprint density at radius 2 is 2.12 bits per heavy atom. The van der Waals surface area contributed by atoms with Crippen LogP contribution in [-0.4, -0.2) is 27.2 Å². The van der Waals surface area contributed by atoms with E-state index in [0.717, 1.165) is 5.56 Å². The van der Waals surface area contributed by atoms with E-state index >= 15 is 0 Å². The van der Waals surface area contributed by atoms with Gasteiger partial charge in [-0.05, 0) is 45.4 Å². The van der Waals surface area contributed by atoms with Crippen LogP contribution in [0.2, 0.25) is 0 Å². The first-order valence-electron chi connectivity index (χ1n) is 7.77. The van der Waals surface area contributed by atoms with Crippen LogP contribution in [0.4, 0.5) is 11.5 Å². The van der Waals surface area contributed by atoms with Crippen molar-refractivity contribution in [1.29, 1.82) is 0 Å². The molecule has 1 aliphatic heterocycles. The molecule has 2 heterocycles. The van der Waals surface area contributed by atoms with Crippen LogP contribution in [0.1, 0.15) is 32.4 Å². The molecule has 7 heteroatoms. The van der Waals surface area contributed by atoms with Crippen molar-refractivity contribution in [3.05, 3.63) is 36.0 Å². The largest absolute Gasteiger partial charge is 0.466 e. The molecule has 0 saturated carbocycles. The zero-order valence-electron chi connectivity index (χ0n) is 14.1. The van der Waals surface area contributed by atoms with Gasteiger partial charge in [0.15, 0.2) is 0 Å². The summed E-state index contributed by atoms with van der Waals surface area (Å²) >= 11 is 0. The number of hydrogen-bond donors (Lipinski definition) is 2. The average molecular weight is 328 g/mol. The molecule has 1 unspecified atom stereocenters. The second-order valence-electron chi connectivity index (χ2n) is 6.30. The summed E-state index contributed by atoms with van der Waals surface area (Å²) in [7, 11) is 0. The van der Waals surface area contributed by atoms with E-state index in [2.05, 4.69) is 15.7 Å². The van der Waals surface area contributed by atoms with E-state index in [9.17, 15) is 9.59 Å². The van der Waals surface area contributed by atoms with Crippen LogP contribution in [0.5, 0.6) is 5.75 Å². The van der Waals surface area contributed by atoms with Gasteiger partial charge < -0.3 is 15.4 Å². The van der Waals surface area contributed by atoms with Crippen LogP contribution < -0.4 is 15.4 Å². The molecule has 2 amide bonds. The van der Waals surface area contributed by atoms with E-state index < -0.39 is 17.4 Å². The maximum atomic E-state index is 12.7. The van der Waals surface area contributed by atoms with Gasteiger partial charge in [0.1, 0.15) is 11.6 Å². The summed E-state index contributed by atoms with van der Waals surface area (Å²) < 4.78 is 7.41. The molecule has 24 heavy (non-hydrogen) atoms. The van der Waals surface area contributed by atoms with Crippen LogP contribution in [0, 0.1) is 6.92 Å². The van der Waals surface area contributed by atoms with Crippen molar-refractivity contribution in [3.63, 3.8) is 0 Å². The van der Waals surface area contributed by atoms with Crippen LogP contribution >= 0.6 is 0 Å². The molecule has 0 spiro atoms. The molecule has 7 nitrogen and oxygen atoms in total. The maximum Gasteiger partial charge on any atom is 0.279 e. The maximum absolute atomic E-state index is 12.7. The van der Waals surface area contributed by atoms with Gasteiger partial charge in [0.2, 0.25) is 0 Å². The molecule has 1 atom stereocenters. The van der Waals surface area contributed by atoms with Gasteiger partial charge in [0.05, 0.1) is 11.9 Å². The smallest absolute Gasteiger partial charge is 0.279 e. The topological polar surface area (TPSA) is 85.3 Å². The fourth-order valence-corrected chi connectivity index (χ4v) is 2.55. The number of carbonyl (C=O) groups excluding carboxylic acids is 2. The van der Waals surface area contributed by atoms with Crippen molar-refractivity contribution in [3.8, 4) is 5.75 Å². The Balaban J connectivity index is 1.87. The number of aromatic nitrogens is 2. The van der Waals surface area contributed by atoms with Gasteiger partial charge in [-0.3, -0.25) is 9.59 Å². The summed E-state index contributed by atoms with van der Waals surface area (Å²) in [4.78, 5) is 25.2. The Labute approximate surface area is 140 Å². The monoisotopic (exact) mass is 328 g/mol. The number of benzene rings is 1. The number of fused-ring (bicyclic) bond motifs is 1. The fourth-order valence-electron chi connectivity index (χ4n) is 2.55. The lowest BCUT2D eigenvalue weighted by Gasteiger charge is -2.33. The van der Waals surface area contributed by atoms with Crippen LogP contribution in [0.15, 0.2) is 30.5 Å². The third-order valence-electron chi connectivity index (χ3n) is 3.96. The molecule has 1 aromatic carbocycles. The zero-order valence-corrected chi connectivity index (χ0v) is 14.1. The lowest BCUT2D eigenvalue weighted by Crippen LogP contribution is -2.56. The Morgan fingerprint density at radius 3 is 2.83 bits per heavy atom. The number of anilines is 2. The van der Waals surface area contributed by atoms with Crippen LogP contribution in [-0.2, 0) is 9.59 Å². The minimum absolute atomic E-state index is 0.0768. The predicted octanol–water partition coefficient (Wildman–Crippen LogP) is 2.50. The zero-order chi connectivity index (χ0) is 17.5. The molecular weight excluding hydrogens is 308 g/mol. The van der Waals surface area contributed by atoms with Crippen molar-refractivity contribution in [1.82, 2.24) is 9.78 Å². The highest BCUT2D eigenvalue weighted by atomic mass is 16.5. The quantitative estimate of drug-likeness (QED) is 0.848. The van der Waals surface area contributed by atoms with Gasteiger partial charge in [-0.2, -0.15) is 5.10 Å². The summed E-state index contributed by atoms with van der Waals surface area (Å²) in [5.41, 5.74) is -0.0991. The van der Waals surface area contributed by atoms with E-state index in [0.29, 0.717) is 17.3 Å². The Morgan fingerprint density at radius 1 is 1.38 bits per heavy atom. The number of amides is 2. The molecule has 0 fully saturated rings. The number of ether oxygens (including phenoxy) is 1. The minimum Gasteiger partial charge on any atom is -0.466 e. The number of rotatable bonds is 3.